The summed E-state index contributed by atoms with van der Waals surface area (Å²) in [5.74, 6) is 0. The quantitative estimate of drug-likeness (QED) is 0.573. The van der Waals surface area contributed by atoms with Gasteiger partial charge in [0.15, 0.2) is 0 Å². The maximum atomic E-state index is 4.17. The Kier molecular flexibility index (Phi) is 12.0. The van der Waals surface area contributed by atoms with Gasteiger partial charge >= 0.3 is 0 Å². The number of rotatable bonds is 11. The summed E-state index contributed by atoms with van der Waals surface area (Å²) in [6, 6.07) is 0.932. The number of hydrogen-bond acceptors (Lipinski definition) is 5. The summed E-state index contributed by atoms with van der Waals surface area (Å²) in [7, 11) is 1.91. The van der Waals surface area contributed by atoms with E-state index in [4.69, 9.17) is 0 Å². The molecule has 2 rings (SSSR count). The molecule has 0 bridgehead atoms. The van der Waals surface area contributed by atoms with Crippen LogP contribution in [-0.2, 0) is 13.0 Å². The smallest absolute Gasteiger partial charge is 0.0964 e. The lowest BCUT2D eigenvalue weighted by molar-refractivity contribution is 0.443. The van der Waals surface area contributed by atoms with Crippen molar-refractivity contribution in [3.63, 3.8) is 0 Å². The zero-order valence-corrected chi connectivity index (χ0v) is 18.6. The van der Waals surface area contributed by atoms with Gasteiger partial charge in [0, 0.05) is 12.7 Å². The van der Waals surface area contributed by atoms with Gasteiger partial charge in [-0.1, -0.05) is 49.3 Å². The lowest BCUT2D eigenvalue weighted by atomic mass is 10.2. The SMILES string of the molecule is CC=CCCc1cn(C(C)CCC)nn1.CCCC(C)n1cc(CNC)nn1. The average Bonchev–Trinajstić information content (AvgIpc) is 3.33. The van der Waals surface area contributed by atoms with E-state index in [9.17, 15) is 0 Å². The molecule has 0 amide bonds. The van der Waals surface area contributed by atoms with E-state index in [1.54, 1.807) is 0 Å². The van der Waals surface area contributed by atoms with Crippen LogP contribution in [0.25, 0.3) is 0 Å². The van der Waals surface area contributed by atoms with E-state index in [2.05, 4.69) is 72.0 Å². The standard InChI is InChI=1S/C12H21N3.C9H18N4/c1-4-6-7-9-12-10-15(14-13-12)11(3)8-5-2;1-4-5-8(2)13-7-9(6-10-3)11-12-13/h4,6,10-11H,5,7-9H2,1-3H3;7-8,10H,4-6H2,1-3H3. The van der Waals surface area contributed by atoms with Crippen molar-refractivity contribution in [1.29, 1.82) is 0 Å². The highest BCUT2D eigenvalue weighted by molar-refractivity contribution is 4.96. The summed E-state index contributed by atoms with van der Waals surface area (Å²) in [6.45, 7) is 11.6. The maximum Gasteiger partial charge on any atom is 0.0964 e. The minimum absolute atomic E-state index is 0.461. The Hall–Kier alpha value is -2.02. The van der Waals surface area contributed by atoms with Gasteiger partial charge in [-0.3, -0.25) is 0 Å². The molecular weight excluding hydrogens is 350 g/mol. The molecule has 0 saturated heterocycles. The molecule has 2 heterocycles. The van der Waals surface area contributed by atoms with Crippen LogP contribution in [0.15, 0.2) is 24.5 Å². The molecule has 7 heteroatoms. The molecule has 0 aliphatic carbocycles. The second kappa shape index (κ2) is 14.0. The lowest BCUT2D eigenvalue weighted by Crippen LogP contribution is -2.06. The third-order valence-electron chi connectivity index (χ3n) is 4.59. The molecule has 0 aliphatic rings. The number of allylic oxidation sites excluding steroid dienone is 2. The van der Waals surface area contributed by atoms with E-state index in [-0.39, 0.29) is 0 Å². The van der Waals surface area contributed by atoms with Crippen molar-refractivity contribution in [3.8, 4) is 0 Å². The molecule has 2 unspecified atom stereocenters. The summed E-state index contributed by atoms with van der Waals surface area (Å²) in [5, 5.41) is 19.5. The fraction of sp³-hybridized carbons (Fsp3) is 0.714. The van der Waals surface area contributed by atoms with Crippen LogP contribution in [0, 0.1) is 0 Å². The zero-order valence-electron chi connectivity index (χ0n) is 18.6. The zero-order chi connectivity index (χ0) is 20.8. The highest BCUT2D eigenvalue weighted by Crippen LogP contribution is 2.12. The van der Waals surface area contributed by atoms with Gasteiger partial charge in [0.1, 0.15) is 0 Å². The molecule has 158 valence electrons. The third-order valence-corrected chi connectivity index (χ3v) is 4.59. The second-order valence-corrected chi connectivity index (χ2v) is 7.29. The highest BCUT2D eigenvalue weighted by atomic mass is 15.4. The molecular formula is C21H39N7. The van der Waals surface area contributed by atoms with Gasteiger partial charge in [-0.05, 0) is 53.5 Å². The van der Waals surface area contributed by atoms with Crippen molar-refractivity contribution >= 4 is 0 Å². The van der Waals surface area contributed by atoms with Gasteiger partial charge in [0.25, 0.3) is 0 Å². The van der Waals surface area contributed by atoms with Gasteiger partial charge in [-0.25, -0.2) is 9.36 Å². The first-order chi connectivity index (χ1) is 13.5. The molecule has 0 fully saturated rings. The number of hydrogen-bond donors (Lipinski definition) is 1. The Morgan fingerprint density at radius 1 is 0.964 bits per heavy atom. The summed E-state index contributed by atoms with van der Waals surface area (Å²) in [5.41, 5.74) is 2.10. The topological polar surface area (TPSA) is 73.5 Å². The number of nitrogens with one attached hydrogen (secondary N) is 1. The molecule has 0 radical (unpaired) electrons. The Morgan fingerprint density at radius 2 is 1.50 bits per heavy atom. The first-order valence-electron chi connectivity index (χ1n) is 10.6. The Labute approximate surface area is 170 Å². The monoisotopic (exact) mass is 389 g/mol. The Morgan fingerprint density at radius 3 is 2.00 bits per heavy atom. The molecule has 7 nitrogen and oxygen atoms in total. The Bertz CT molecular complexity index is 659. The van der Waals surface area contributed by atoms with Crippen molar-refractivity contribution < 1.29 is 0 Å². The van der Waals surface area contributed by atoms with Crippen LogP contribution in [0.5, 0.6) is 0 Å². The lowest BCUT2D eigenvalue weighted by Gasteiger charge is -2.08. The van der Waals surface area contributed by atoms with Crippen LogP contribution in [0.3, 0.4) is 0 Å². The average molecular weight is 390 g/mol. The largest absolute Gasteiger partial charge is 0.314 e. The van der Waals surface area contributed by atoms with Crippen LogP contribution in [-0.4, -0.2) is 37.0 Å². The summed E-state index contributed by atoms with van der Waals surface area (Å²) in [6.07, 6.45) is 15.1. The first kappa shape index (κ1) is 24.0. The fourth-order valence-corrected chi connectivity index (χ4v) is 2.93. The molecule has 28 heavy (non-hydrogen) atoms. The predicted octanol–water partition coefficient (Wildman–Crippen LogP) is 4.51. The van der Waals surface area contributed by atoms with Crippen molar-refractivity contribution in [1.82, 2.24) is 35.3 Å². The maximum absolute atomic E-state index is 4.17. The summed E-state index contributed by atoms with van der Waals surface area (Å²) in [4.78, 5) is 0. The number of aryl methyl sites for hydroxylation is 1. The molecule has 0 saturated carbocycles. The predicted molar refractivity (Wildman–Crippen MR) is 115 cm³/mol. The van der Waals surface area contributed by atoms with Crippen LogP contribution in [0.2, 0.25) is 0 Å². The van der Waals surface area contributed by atoms with Crippen LogP contribution in [0.4, 0.5) is 0 Å². The second-order valence-electron chi connectivity index (χ2n) is 7.29. The molecule has 1 N–H and O–H groups in total. The minimum Gasteiger partial charge on any atom is -0.314 e. The van der Waals surface area contributed by atoms with Crippen LogP contribution in [0.1, 0.15) is 90.2 Å². The Balaban J connectivity index is 0.000000283. The van der Waals surface area contributed by atoms with Gasteiger partial charge in [0.2, 0.25) is 0 Å². The van der Waals surface area contributed by atoms with Crippen molar-refractivity contribution in [2.75, 3.05) is 7.05 Å². The number of aromatic nitrogens is 6. The van der Waals surface area contributed by atoms with E-state index in [0.29, 0.717) is 12.1 Å². The molecule has 2 atom stereocenters. The molecule has 0 aliphatic heterocycles. The molecule has 0 aromatic carbocycles. The van der Waals surface area contributed by atoms with E-state index < -0.39 is 0 Å². The van der Waals surface area contributed by atoms with E-state index in [1.165, 1.54) is 12.8 Å². The van der Waals surface area contributed by atoms with Crippen molar-refractivity contribution in [2.45, 2.75) is 91.8 Å². The molecule has 0 spiro atoms. The minimum atomic E-state index is 0.461. The number of nitrogens with zero attached hydrogens (tertiary/aromatic N) is 6. The normalized spacial score (nSPS) is 13.4. The van der Waals surface area contributed by atoms with E-state index in [1.807, 2.05) is 29.5 Å². The van der Waals surface area contributed by atoms with E-state index >= 15 is 0 Å². The summed E-state index contributed by atoms with van der Waals surface area (Å²) < 4.78 is 3.92. The van der Waals surface area contributed by atoms with Crippen molar-refractivity contribution in [2.24, 2.45) is 0 Å². The van der Waals surface area contributed by atoms with Gasteiger partial charge in [-0.15, -0.1) is 10.2 Å². The molecule has 2 aromatic heterocycles. The van der Waals surface area contributed by atoms with Gasteiger partial charge in [-0.2, -0.15) is 0 Å². The third kappa shape index (κ3) is 8.78. The van der Waals surface area contributed by atoms with Crippen LogP contribution < -0.4 is 5.32 Å². The van der Waals surface area contributed by atoms with Crippen LogP contribution >= 0.6 is 0 Å². The van der Waals surface area contributed by atoms with Gasteiger partial charge < -0.3 is 5.32 Å². The summed E-state index contributed by atoms with van der Waals surface area (Å²) >= 11 is 0. The molecule has 2 aromatic rings. The van der Waals surface area contributed by atoms with Gasteiger partial charge in [0.05, 0.1) is 29.7 Å². The fourth-order valence-electron chi connectivity index (χ4n) is 2.93. The first-order valence-corrected chi connectivity index (χ1v) is 10.6. The van der Waals surface area contributed by atoms with E-state index in [0.717, 1.165) is 43.6 Å². The highest BCUT2D eigenvalue weighted by Gasteiger charge is 2.07. The van der Waals surface area contributed by atoms with Crippen molar-refractivity contribution in [3.05, 3.63) is 35.9 Å².